The number of methoxy groups -OCH3 is 1. The van der Waals surface area contributed by atoms with E-state index in [1.165, 1.54) is 11.8 Å². The second-order valence-corrected chi connectivity index (χ2v) is 6.68. The van der Waals surface area contributed by atoms with Crippen molar-refractivity contribution in [3.05, 3.63) is 30.6 Å². The van der Waals surface area contributed by atoms with Crippen molar-refractivity contribution in [2.45, 2.75) is 31.5 Å². The van der Waals surface area contributed by atoms with E-state index < -0.39 is 0 Å². The predicted octanol–water partition coefficient (Wildman–Crippen LogP) is 2.28. The number of carbonyl (C=O) groups is 1. The SMILES string of the molecule is COc1ccccc1-n1cnnc1SCC(=O)NC(C)(C)C. The molecule has 1 aromatic carbocycles. The fraction of sp³-hybridized carbons (Fsp3) is 0.400. The highest BCUT2D eigenvalue weighted by molar-refractivity contribution is 7.99. The third-order valence-corrected chi connectivity index (χ3v) is 3.65. The lowest BCUT2D eigenvalue weighted by molar-refractivity contribution is -0.119. The first kappa shape index (κ1) is 16.4. The molecule has 1 N–H and O–H groups in total. The van der Waals surface area contributed by atoms with Gasteiger partial charge in [-0.2, -0.15) is 0 Å². The molecule has 0 radical (unpaired) electrons. The van der Waals surface area contributed by atoms with Crippen LogP contribution in [0.1, 0.15) is 20.8 Å². The van der Waals surface area contributed by atoms with E-state index in [1.54, 1.807) is 13.4 Å². The summed E-state index contributed by atoms with van der Waals surface area (Å²) in [5.74, 6) is 0.973. The van der Waals surface area contributed by atoms with Crippen LogP contribution in [0, 0.1) is 0 Å². The summed E-state index contributed by atoms with van der Waals surface area (Å²) in [6.45, 7) is 5.85. The Kier molecular flexibility index (Phi) is 5.07. The molecule has 0 aliphatic rings. The molecule has 2 aromatic rings. The number of benzene rings is 1. The van der Waals surface area contributed by atoms with Crippen molar-refractivity contribution in [2.24, 2.45) is 0 Å². The number of para-hydroxylation sites is 2. The zero-order valence-corrected chi connectivity index (χ0v) is 14.0. The smallest absolute Gasteiger partial charge is 0.230 e. The van der Waals surface area contributed by atoms with Gasteiger partial charge < -0.3 is 10.1 Å². The minimum atomic E-state index is -0.242. The maximum atomic E-state index is 11.9. The Bertz CT molecular complexity index is 649. The molecule has 0 bridgehead atoms. The van der Waals surface area contributed by atoms with Crippen LogP contribution in [-0.4, -0.2) is 39.1 Å². The van der Waals surface area contributed by atoms with E-state index in [0.717, 1.165) is 11.4 Å². The number of ether oxygens (including phenoxy) is 1. The molecule has 0 saturated heterocycles. The first-order valence-corrected chi connectivity index (χ1v) is 7.86. The first-order chi connectivity index (χ1) is 10.4. The third kappa shape index (κ3) is 4.24. The van der Waals surface area contributed by atoms with Crippen LogP contribution in [0.15, 0.2) is 35.7 Å². The van der Waals surface area contributed by atoms with Gasteiger partial charge in [0.1, 0.15) is 12.1 Å². The molecule has 0 fully saturated rings. The van der Waals surface area contributed by atoms with Crippen LogP contribution in [0.2, 0.25) is 0 Å². The van der Waals surface area contributed by atoms with E-state index in [4.69, 9.17) is 4.74 Å². The fourth-order valence-electron chi connectivity index (χ4n) is 1.90. The molecule has 1 aromatic heterocycles. The van der Waals surface area contributed by atoms with Crippen LogP contribution in [0.5, 0.6) is 5.75 Å². The molecule has 1 heterocycles. The van der Waals surface area contributed by atoms with E-state index >= 15 is 0 Å². The predicted molar refractivity (Wildman–Crippen MR) is 86.5 cm³/mol. The molecule has 0 unspecified atom stereocenters. The molecule has 0 aliphatic carbocycles. The number of hydrogen-bond donors (Lipinski definition) is 1. The second-order valence-electron chi connectivity index (χ2n) is 5.74. The van der Waals surface area contributed by atoms with E-state index in [0.29, 0.717) is 5.16 Å². The van der Waals surface area contributed by atoms with Gasteiger partial charge in [0.05, 0.1) is 18.6 Å². The van der Waals surface area contributed by atoms with Crippen LogP contribution in [0.25, 0.3) is 5.69 Å². The third-order valence-electron chi connectivity index (χ3n) is 2.71. The summed E-state index contributed by atoms with van der Waals surface area (Å²) in [6.07, 6.45) is 1.61. The highest BCUT2D eigenvalue weighted by atomic mass is 32.2. The average Bonchev–Trinajstić information content (AvgIpc) is 2.91. The number of aromatic nitrogens is 3. The van der Waals surface area contributed by atoms with Gasteiger partial charge in [0.25, 0.3) is 0 Å². The zero-order valence-electron chi connectivity index (χ0n) is 13.2. The van der Waals surface area contributed by atoms with Gasteiger partial charge in [0.2, 0.25) is 5.91 Å². The molecule has 0 saturated carbocycles. The molecule has 7 heteroatoms. The highest BCUT2D eigenvalue weighted by Crippen LogP contribution is 2.26. The van der Waals surface area contributed by atoms with Gasteiger partial charge in [0.15, 0.2) is 5.16 Å². The maximum absolute atomic E-state index is 11.9. The highest BCUT2D eigenvalue weighted by Gasteiger charge is 2.16. The summed E-state index contributed by atoms with van der Waals surface area (Å²) in [5.41, 5.74) is 0.599. The lowest BCUT2D eigenvalue weighted by Gasteiger charge is -2.20. The molecule has 118 valence electrons. The molecular formula is C15H20N4O2S. The number of thioether (sulfide) groups is 1. The summed E-state index contributed by atoms with van der Waals surface area (Å²) >= 11 is 1.34. The van der Waals surface area contributed by atoms with Gasteiger partial charge in [-0.3, -0.25) is 9.36 Å². The van der Waals surface area contributed by atoms with Gasteiger partial charge in [-0.15, -0.1) is 10.2 Å². The number of hydrogen-bond acceptors (Lipinski definition) is 5. The Balaban J connectivity index is 2.12. The second kappa shape index (κ2) is 6.83. The number of nitrogens with one attached hydrogen (secondary N) is 1. The van der Waals surface area contributed by atoms with Gasteiger partial charge in [-0.05, 0) is 32.9 Å². The molecule has 2 rings (SSSR count). The Labute approximate surface area is 134 Å². The van der Waals surface area contributed by atoms with Crippen molar-refractivity contribution in [3.63, 3.8) is 0 Å². The summed E-state index contributed by atoms with van der Waals surface area (Å²) < 4.78 is 7.16. The van der Waals surface area contributed by atoms with Crippen LogP contribution < -0.4 is 10.1 Å². The standard InChI is InChI=1S/C15H20N4O2S/c1-15(2,3)17-13(20)9-22-14-18-16-10-19(14)11-7-5-6-8-12(11)21-4/h5-8,10H,9H2,1-4H3,(H,17,20). The monoisotopic (exact) mass is 320 g/mol. The Hall–Kier alpha value is -2.02. The van der Waals surface area contributed by atoms with E-state index in [9.17, 15) is 4.79 Å². The summed E-state index contributed by atoms with van der Waals surface area (Å²) in [6, 6.07) is 7.60. The summed E-state index contributed by atoms with van der Waals surface area (Å²) in [4.78, 5) is 11.9. The minimum Gasteiger partial charge on any atom is -0.495 e. The van der Waals surface area contributed by atoms with Gasteiger partial charge in [0, 0.05) is 5.54 Å². The maximum Gasteiger partial charge on any atom is 0.230 e. The van der Waals surface area contributed by atoms with Crippen LogP contribution in [0.4, 0.5) is 0 Å². The molecule has 0 spiro atoms. The van der Waals surface area contributed by atoms with Gasteiger partial charge in [-0.1, -0.05) is 23.9 Å². The summed E-state index contributed by atoms with van der Waals surface area (Å²) in [7, 11) is 1.62. The number of carbonyl (C=O) groups excluding carboxylic acids is 1. The lowest BCUT2D eigenvalue weighted by Crippen LogP contribution is -2.41. The Morgan fingerprint density at radius 2 is 2.09 bits per heavy atom. The van der Waals surface area contributed by atoms with Crippen LogP contribution in [0.3, 0.4) is 0 Å². The molecule has 0 aliphatic heterocycles. The van der Waals surface area contributed by atoms with Crippen molar-refractivity contribution < 1.29 is 9.53 Å². The van der Waals surface area contributed by atoms with Crippen molar-refractivity contribution in [3.8, 4) is 11.4 Å². The minimum absolute atomic E-state index is 0.0351. The Morgan fingerprint density at radius 3 is 2.77 bits per heavy atom. The fourth-order valence-corrected chi connectivity index (χ4v) is 2.62. The average molecular weight is 320 g/mol. The topological polar surface area (TPSA) is 69.0 Å². The molecule has 6 nitrogen and oxygen atoms in total. The van der Waals surface area contributed by atoms with Crippen LogP contribution in [-0.2, 0) is 4.79 Å². The van der Waals surface area contributed by atoms with E-state index in [1.807, 2.05) is 49.6 Å². The van der Waals surface area contributed by atoms with Crippen molar-refractivity contribution in [1.82, 2.24) is 20.1 Å². The molecular weight excluding hydrogens is 300 g/mol. The number of rotatable bonds is 5. The van der Waals surface area contributed by atoms with Crippen molar-refractivity contribution >= 4 is 17.7 Å². The largest absolute Gasteiger partial charge is 0.495 e. The zero-order chi connectivity index (χ0) is 16.2. The Morgan fingerprint density at radius 1 is 1.36 bits per heavy atom. The molecule has 22 heavy (non-hydrogen) atoms. The van der Waals surface area contributed by atoms with Crippen molar-refractivity contribution in [1.29, 1.82) is 0 Å². The summed E-state index contributed by atoms with van der Waals surface area (Å²) in [5, 5.41) is 11.6. The van der Waals surface area contributed by atoms with Gasteiger partial charge in [-0.25, -0.2) is 0 Å². The lowest BCUT2D eigenvalue weighted by atomic mass is 10.1. The van der Waals surface area contributed by atoms with E-state index in [-0.39, 0.29) is 17.2 Å². The molecule has 0 atom stereocenters. The quantitative estimate of drug-likeness (QED) is 0.856. The van der Waals surface area contributed by atoms with Crippen molar-refractivity contribution in [2.75, 3.05) is 12.9 Å². The van der Waals surface area contributed by atoms with Crippen LogP contribution >= 0.6 is 11.8 Å². The molecule has 1 amide bonds. The normalized spacial score (nSPS) is 11.3. The number of amides is 1. The van der Waals surface area contributed by atoms with E-state index in [2.05, 4.69) is 15.5 Å². The first-order valence-electron chi connectivity index (χ1n) is 6.88. The number of nitrogens with zero attached hydrogens (tertiary/aromatic N) is 3. The van der Waals surface area contributed by atoms with Gasteiger partial charge >= 0.3 is 0 Å².